The third-order valence-electron chi connectivity index (χ3n) is 5.72. The summed E-state index contributed by atoms with van der Waals surface area (Å²) in [4.78, 5) is 0. The van der Waals surface area contributed by atoms with Crippen LogP contribution < -0.4 is 0 Å². The molecule has 2 rings (SSSR count). The van der Waals surface area contributed by atoms with Crippen LogP contribution in [0.15, 0.2) is 48.5 Å². The van der Waals surface area contributed by atoms with Crippen molar-refractivity contribution in [1.82, 2.24) is 0 Å². The number of hydrogen-bond acceptors (Lipinski definition) is 0. The van der Waals surface area contributed by atoms with Crippen molar-refractivity contribution in [2.45, 2.75) is 72.1 Å². The quantitative estimate of drug-likeness (QED) is 0.535. The van der Waals surface area contributed by atoms with E-state index < -0.39 is 0 Å². The second kappa shape index (κ2) is 7.13. The summed E-state index contributed by atoms with van der Waals surface area (Å²) in [6.45, 7) is 16.2. The Bertz CT molecular complexity index is 641. The predicted molar refractivity (Wildman–Crippen MR) is 107 cm³/mol. The second-order valence-corrected chi connectivity index (χ2v) is 8.67. The topological polar surface area (TPSA) is 0 Å². The van der Waals surface area contributed by atoms with Gasteiger partial charge in [-0.3, -0.25) is 0 Å². The van der Waals surface area contributed by atoms with Gasteiger partial charge < -0.3 is 0 Å². The van der Waals surface area contributed by atoms with Crippen LogP contribution in [-0.4, -0.2) is 0 Å². The summed E-state index contributed by atoms with van der Waals surface area (Å²) in [6, 6.07) is 18.3. The lowest BCUT2D eigenvalue weighted by Gasteiger charge is -2.30. The van der Waals surface area contributed by atoms with Crippen LogP contribution in [0.4, 0.5) is 0 Å². The van der Waals surface area contributed by atoms with E-state index in [1.807, 2.05) is 0 Å². The van der Waals surface area contributed by atoms with Gasteiger partial charge in [-0.05, 0) is 41.4 Å². The first-order valence-electron chi connectivity index (χ1n) is 9.35. The Morgan fingerprint density at radius 3 is 1.62 bits per heavy atom. The lowest BCUT2D eigenvalue weighted by atomic mass is 9.74. The predicted octanol–water partition coefficient (Wildman–Crippen LogP) is 7.03. The fourth-order valence-corrected chi connectivity index (χ4v) is 3.61. The van der Waals surface area contributed by atoms with Crippen LogP contribution >= 0.6 is 0 Å². The Labute approximate surface area is 149 Å². The average Bonchev–Trinajstić information content (AvgIpc) is 2.55. The molecule has 0 heteroatoms. The summed E-state index contributed by atoms with van der Waals surface area (Å²) in [6.07, 6.45) is 2.49. The molecule has 0 saturated carbocycles. The van der Waals surface area contributed by atoms with Crippen molar-refractivity contribution < 1.29 is 0 Å². The van der Waals surface area contributed by atoms with Gasteiger partial charge in [0.05, 0.1) is 0 Å². The molecule has 1 atom stereocenters. The van der Waals surface area contributed by atoms with Gasteiger partial charge in [-0.15, -0.1) is 0 Å². The molecule has 0 aliphatic rings. The lowest BCUT2D eigenvalue weighted by Crippen LogP contribution is -2.22. The maximum Gasteiger partial charge on any atom is 0.0146 e. The summed E-state index contributed by atoms with van der Waals surface area (Å²) < 4.78 is 0. The first-order chi connectivity index (χ1) is 11.2. The molecule has 0 nitrogen and oxygen atoms in total. The smallest absolute Gasteiger partial charge is 0.0146 e. The molecular weight excluding hydrogens is 288 g/mol. The van der Waals surface area contributed by atoms with Gasteiger partial charge in [0.1, 0.15) is 0 Å². The molecule has 0 N–H and O–H groups in total. The molecule has 0 bridgehead atoms. The van der Waals surface area contributed by atoms with E-state index >= 15 is 0 Å². The maximum absolute atomic E-state index is 2.37. The molecule has 2 aromatic carbocycles. The van der Waals surface area contributed by atoms with Gasteiger partial charge in [0, 0.05) is 5.41 Å². The fourth-order valence-electron chi connectivity index (χ4n) is 3.61. The first-order valence-corrected chi connectivity index (χ1v) is 9.35. The first kappa shape index (κ1) is 18.8. The molecular formula is C24H34. The Kier molecular flexibility index (Phi) is 5.58. The highest BCUT2D eigenvalue weighted by molar-refractivity contribution is 5.40. The van der Waals surface area contributed by atoms with Crippen LogP contribution in [0, 0.1) is 12.8 Å². The van der Waals surface area contributed by atoms with E-state index in [2.05, 4.69) is 97.0 Å². The molecule has 0 heterocycles. The van der Waals surface area contributed by atoms with Crippen LogP contribution in [0.25, 0.3) is 0 Å². The molecule has 0 radical (unpaired) electrons. The summed E-state index contributed by atoms with van der Waals surface area (Å²) >= 11 is 0. The van der Waals surface area contributed by atoms with Gasteiger partial charge in [-0.25, -0.2) is 0 Å². The van der Waals surface area contributed by atoms with E-state index in [0.717, 1.165) is 5.92 Å². The zero-order chi connectivity index (χ0) is 18.0. The van der Waals surface area contributed by atoms with Crippen LogP contribution in [0.5, 0.6) is 0 Å². The van der Waals surface area contributed by atoms with Crippen molar-refractivity contribution in [1.29, 1.82) is 0 Å². The van der Waals surface area contributed by atoms with Crippen LogP contribution in [0.1, 0.15) is 76.6 Å². The molecule has 0 saturated heterocycles. The van der Waals surface area contributed by atoms with Gasteiger partial charge in [-0.2, -0.15) is 0 Å². The van der Waals surface area contributed by atoms with Gasteiger partial charge >= 0.3 is 0 Å². The Morgan fingerprint density at radius 2 is 1.17 bits per heavy atom. The standard InChI is InChI=1S/C24H34/c1-8-18(2)17-23(4,5)20-13-15-22(16-14-20)24(6,7)21-11-9-19(3)10-12-21/h9-16,18H,8,17H2,1-7H3. The maximum atomic E-state index is 2.37. The molecule has 0 spiro atoms. The Hall–Kier alpha value is -1.56. The van der Waals surface area contributed by atoms with E-state index in [-0.39, 0.29) is 10.8 Å². The Balaban J connectivity index is 2.26. The number of benzene rings is 2. The lowest BCUT2D eigenvalue weighted by molar-refractivity contribution is 0.372. The molecule has 0 amide bonds. The van der Waals surface area contributed by atoms with E-state index in [0.29, 0.717) is 0 Å². The van der Waals surface area contributed by atoms with Crippen molar-refractivity contribution in [3.63, 3.8) is 0 Å². The monoisotopic (exact) mass is 322 g/mol. The molecule has 24 heavy (non-hydrogen) atoms. The van der Waals surface area contributed by atoms with Crippen molar-refractivity contribution in [3.8, 4) is 0 Å². The second-order valence-electron chi connectivity index (χ2n) is 8.67. The summed E-state index contributed by atoms with van der Waals surface area (Å²) in [5.41, 5.74) is 5.80. The van der Waals surface area contributed by atoms with E-state index in [1.165, 1.54) is 35.1 Å². The van der Waals surface area contributed by atoms with E-state index in [4.69, 9.17) is 0 Å². The molecule has 1 unspecified atom stereocenters. The molecule has 0 aliphatic heterocycles. The van der Waals surface area contributed by atoms with Crippen molar-refractivity contribution in [2.24, 2.45) is 5.92 Å². The van der Waals surface area contributed by atoms with Crippen molar-refractivity contribution in [2.75, 3.05) is 0 Å². The third-order valence-corrected chi connectivity index (χ3v) is 5.72. The zero-order valence-corrected chi connectivity index (χ0v) is 16.6. The third kappa shape index (κ3) is 4.09. The van der Waals surface area contributed by atoms with E-state index in [9.17, 15) is 0 Å². The summed E-state index contributed by atoms with van der Waals surface area (Å²) in [7, 11) is 0. The minimum atomic E-state index is 0.0348. The van der Waals surface area contributed by atoms with E-state index in [1.54, 1.807) is 0 Å². The summed E-state index contributed by atoms with van der Waals surface area (Å²) in [5.74, 6) is 0.767. The number of aryl methyl sites for hydroxylation is 1. The SMILES string of the molecule is CCC(C)CC(C)(C)c1ccc(C(C)(C)c2ccc(C)cc2)cc1. The van der Waals surface area contributed by atoms with Crippen LogP contribution in [0.3, 0.4) is 0 Å². The minimum Gasteiger partial charge on any atom is -0.0651 e. The molecule has 0 fully saturated rings. The Morgan fingerprint density at radius 1 is 0.750 bits per heavy atom. The van der Waals surface area contributed by atoms with Crippen molar-refractivity contribution in [3.05, 3.63) is 70.8 Å². The molecule has 130 valence electrons. The highest BCUT2D eigenvalue weighted by atomic mass is 14.3. The molecule has 2 aromatic rings. The highest BCUT2D eigenvalue weighted by Gasteiger charge is 2.26. The van der Waals surface area contributed by atoms with Gasteiger partial charge in [0.15, 0.2) is 0 Å². The normalized spacial score (nSPS) is 13.8. The zero-order valence-electron chi connectivity index (χ0n) is 16.6. The molecule has 0 aromatic heterocycles. The van der Waals surface area contributed by atoms with Crippen molar-refractivity contribution >= 4 is 0 Å². The fraction of sp³-hybridized carbons (Fsp3) is 0.500. The highest BCUT2D eigenvalue weighted by Crippen LogP contribution is 2.35. The largest absolute Gasteiger partial charge is 0.0651 e. The average molecular weight is 323 g/mol. The van der Waals surface area contributed by atoms with Crippen LogP contribution in [0.2, 0.25) is 0 Å². The minimum absolute atomic E-state index is 0.0348. The van der Waals surface area contributed by atoms with Gasteiger partial charge in [0.2, 0.25) is 0 Å². The summed E-state index contributed by atoms with van der Waals surface area (Å²) in [5, 5.41) is 0. The van der Waals surface area contributed by atoms with Gasteiger partial charge in [0.25, 0.3) is 0 Å². The van der Waals surface area contributed by atoms with Gasteiger partial charge in [-0.1, -0.05) is 102 Å². The number of rotatable bonds is 6. The molecule has 0 aliphatic carbocycles. The number of hydrogen-bond donors (Lipinski definition) is 0. The van der Waals surface area contributed by atoms with Crippen LogP contribution in [-0.2, 0) is 10.8 Å².